The molecular formula is C14H12F3N3O3. The number of carbonyl (C=O) groups excluding carboxylic acids is 1. The van der Waals surface area contributed by atoms with Crippen LogP contribution in [0.25, 0.3) is 5.52 Å². The van der Waals surface area contributed by atoms with Gasteiger partial charge in [0.1, 0.15) is 0 Å². The van der Waals surface area contributed by atoms with Crippen LogP contribution in [0.1, 0.15) is 10.4 Å². The molecule has 122 valence electrons. The van der Waals surface area contributed by atoms with Crippen LogP contribution in [0.2, 0.25) is 0 Å². The van der Waals surface area contributed by atoms with Crippen molar-refractivity contribution in [3.63, 3.8) is 0 Å². The number of imidazole rings is 1. The highest BCUT2D eigenvalue weighted by atomic mass is 19.4. The van der Waals surface area contributed by atoms with E-state index in [0.29, 0.717) is 0 Å². The number of rotatable bonds is 2. The van der Waals surface area contributed by atoms with E-state index in [2.05, 4.69) is 4.98 Å². The number of carboxylic acids is 1. The van der Waals surface area contributed by atoms with Gasteiger partial charge in [-0.25, -0.2) is 4.98 Å². The van der Waals surface area contributed by atoms with Crippen molar-refractivity contribution in [3.8, 4) is 0 Å². The molecule has 0 spiro atoms. The summed E-state index contributed by atoms with van der Waals surface area (Å²) in [6.07, 6.45) is -0.160. The SMILES string of the molecule is O=C(O)[C@@H]1CN(C(=O)c2ccc3cncn3c2)C[C@H]1C(F)(F)F. The van der Waals surface area contributed by atoms with E-state index in [9.17, 15) is 22.8 Å². The average Bonchev–Trinajstić information content (AvgIpc) is 3.11. The standard InChI is InChI=1S/C14H12F3N3O3/c15-14(16,17)11-6-19(5-10(11)13(22)23)12(21)8-1-2-9-3-18-7-20(9)4-8/h1-4,7,10-11H,5-6H2,(H,22,23)/t10-,11-/m1/s1. The maximum atomic E-state index is 13.0. The Morgan fingerprint density at radius 3 is 2.61 bits per heavy atom. The lowest BCUT2D eigenvalue weighted by atomic mass is 9.96. The van der Waals surface area contributed by atoms with Crippen molar-refractivity contribution in [1.29, 1.82) is 0 Å². The normalized spacial score (nSPS) is 21.8. The zero-order valence-corrected chi connectivity index (χ0v) is 11.7. The highest BCUT2D eigenvalue weighted by Gasteiger charge is 2.53. The van der Waals surface area contributed by atoms with E-state index in [1.54, 1.807) is 16.7 Å². The first kappa shape index (κ1) is 15.3. The number of aromatic nitrogens is 2. The summed E-state index contributed by atoms with van der Waals surface area (Å²) in [6, 6.07) is 3.10. The molecular weight excluding hydrogens is 315 g/mol. The monoisotopic (exact) mass is 327 g/mol. The van der Waals surface area contributed by atoms with Gasteiger partial charge in [-0.15, -0.1) is 0 Å². The van der Waals surface area contributed by atoms with E-state index >= 15 is 0 Å². The number of carboxylic acid groups (broad SMARTS) is 1. The molecule has 23 heavy (non-hydrogen) atoms. The average molecular weight is 327 g/mol. The topological polar surface area (TPSA) is 74.9 Å². The summed E-state index contributed by atoms with van der Waals surface area (Å²) < 4.78 is 40.5. The molecule has 1 aliphatic rings. The van der Waals surface area contributed by atoms with Gasteiger partial charge in [-0.2, -0.15) is 13.2 Å². The molecule has 9 heteroatoms. The fourth-order valence-corrected chi connectivity index (χ4v) is 2.78. The number of alkyl halides is 3. The molecule has 0 bridgehead atoms. The summed E-state index contributed by atoms with van der Waals surface area (Å²) in [5, 5.41) is 8.98. The van der Waals surface area contributed by atoms with E-state index in [1.165, 1.54) is 18.6 Å². The predicted molar refractivity (Wildman–Crippen MR) is 71.8 cm³/mol. The third kappa shape index (κ3) is 2.73. The number of aliphatic carboxylic acids is 1. The molecule has 2 aromatic rings. The van der Waals surface area contributed by atoms with Gasteiger partial charge in [0.05, 0.1) is 35.4 Å². The molecule has 1 saturated heterocycles. The summed E-state index contributed by atoms with van der Waals surface area (Å²) in [5.74, 6) is -5.87. The molecule has 0 unspecified atom stereocenters. The molecule has 2 atom stereocenters. The number of amides is 1. The Morgan fingerprint density at radius 1 is 1.26 bits per heavy atom. The number of hydrogen-bond acceptors (Lipinski definition) is 3. The van der Waals surface area contributed by atoms with Crippen LogP contribution in [-0.2, 0) is 4.79 Å². The number of pyridine rings is 1. The van der Waals surface area contributed by atoms with E-state index < -0.39 is 43.0 Å². The second-order valence-electron chi connectivity index (χ2n) is 5.45. The first-order valence-corrected chi connectivity index (χ1v) is 6.78. The van der Waals surface area contributed by atoms with Gasteiger partial charge in [0.25, 0.3) is 5.91 Å². The summed E-state index contributed by atoms with van der Waals surface area (Å²) >= 11 is 0. The van der Waals surface area contributed by atoms with Gasteiger partial charge in [0.2, 0.25) is 0 Å². The third-order valence-corrected chi connectivity index (χ3v) is 4.00. The predicted octanol–water partition coefficient (Wildman–Crippen LogP) is 1.67. The number of likely N-dealkylation sites (tertiary alicyclic amines) is 1. The van der Waals surface area contributed by atoms with Gasteiger partial charge in [-0.05, 0) is 12.1 Å². The molecule has 0 aromatic carbocycles. The zero-order valence-electron chi connectivity index (χ0n) is 11.7. The van der Waals surface area contributed by atoms with Crippen LogP contribution in [0.5, 0.6) is 0 Å². The smallest absolute Gasteiger partial charge is 0.394 e. The van der Waals surface area contributed by atoms with Gasteiger partial charge in [-0.3, -0.25) is 9.59 Å². The van der Waals surface area contributed by atoms with Gasteiger partial charge in [0.15, 0.2) is 0 Å². The van der Waals surface area contributed by atoms with E-state index in [0.717, 1.165) is 10.4 Å². The highest BCUT2D eigenvalue weighted by molar-refractivity contribution is 5.95. The molecule has 0 radical (unpaired) electrons. The Kier molecular flexibility index (Phi) is 3.50. The molecule has 6 nitrogen and oxygen atoms in total. The molecule has 1 aliphatic heterocycles. The van der Waals surface area contributed by atoms with Gasteiger partial charge in [-0.1, -0.05) is 0 Å². The molecule has 1 N–H and O–H groups in total. The Labute approximate surface area is 128 Å². The van der Waals surface area contributed by atoms with Crippen molar-refractivity contribution in [2.75, 3.05) is 13.1 Å². The first-order chi connectivity index (χ1) is 10.8. The van der Waals surface area contributed by atoms with Crippen LogP contribution in [0.3, 0.4) is 0 Å². The van der Waals surface area contributed by atoms with Crippen molar-refractivity contribution in [3.05, 3.63) is 36.4 Å². The molecule has 1 amide bonds. The second kappa shape index (κ2) is 5.25. The van der Waals surface area contributed by atoms with Crippen LogP contribution in [0.15, 0.2) is 30.9 Å². The summed E-state index contributed by atoms with van der Waals surface area (Å²) in [7, 11) is 0. The van der Waals surface area contributed by atoms with E-state index in [4.69, 9.17) is 5.11 Å². The lowest BCUT2D eigenvalue weighted by Gasteiger charge is -2.18. The molecule has 2 aromatic heterocycles. The maximum Gasteiger partial charge on any atom is 0.394 e. The Hall–Kier alpha value is -2.58. The van der Waals surface area contributed by atoms with Crippen LogP contribution < -0.4 is 0 Å². The molecule has 0 aliphatic carbocycles. The van der Waals surface area contributed by atoms with Crippen LogP contribution in [-0.4, -0.2) is 50.5 Å². The van der Waals surface area contributed by atoms with E-state index in [-0.39, 0.29) is 5.56 Å². The number of carbonyl (C=O) groups is 2. The lowest BCUT2D eigenvalue weighted by molar-refractivity contribution is -0.187. The van der Waals surface area contributed by atoms with E-state index in [1.807, 2.05) is 0 Å². The van der Waals surface area contributed by atoms with Gasteiger partial charge >= 0.3 is 12.1 Å². The molecule has 3 rings (SSSR count). The number of hydrogen-bond donors (Lipinski definition) is 1. The number of fused-ring (bicyclic) bond motifs is 1. The minimum Gasteiger partial charge on any atom is -0.481 e. The van der Waals surface area contributed by atoms with Crippen molar-refractivity contribution in [1.82, 2.24) is 14.3 Å². The Balaban J connectivity index is 1.86. The maximum absolute atomic E-state index is 13.0. The fourth-order valence-electron chi connectivity index (χ4n) is 2.78. The molecule has 3 heterocycles. The molecule has 0 saturated carbocycles. The van der Waals surface area contributed by atoms with Crippen LogP contribution >= 0.6 is 0 Å². The van der Waals surface area contributed by atoms with Crippen molar-refractivity contribution in [2.24, 2.45) is 11.8 Å². The zero-order chi connectivity index (χ0) is 16.8. The summed E-state index contributed by atoms with van der Waals surface area (Å²) in [4.78, 5) is 28.3. The lowest BCUT2D eigenvalue weighted by Crippen LogP contribution is -2.34. The highest BCUT2D eigenvalue weighted by Crippen LogP contribution is 2.38. The first-order valence-electron chi connectivity index (χ1n) is 6.78. The Morgan fingerprint density at radius 2 is 2.00 bits per heavy atom. The fraction of sp³-hybridized carbons (Fsp3) is 0.357. The summed E-state index contributed by atoms with van der Waals surface area (Å²) in [5.41, 5.74) is 0.919. The van der Waals surface area contributed by atoms with Crippen molar-refractivity contribution < 1.29 is 27.9 Å². The quantitative estimate of drug-likeness (QED) is 0.910. The van der Waals surface area contributed by atoms with Crippen molar-refractivity contribution >= 4 is 17.4 Å². The molecule has 1 fully saturated rings. The van der Waals surface area contributed by atoms with Gasteiger partial charge < -0.3 is 14.4 Å². The van der Waals surface area contributed by atoms with Gasteiger partial charge in [0, 0.05) is 19.3 Å². The summed E-state index contributed by atoms with van der Waals surface area (Å²) in [6.45, 7) is -1.11. The number of nitrogens with zero attached hydrogens (tertiary/aromatic N) is 3. The Bertz CT molecular complexity index is 771. The number of halogens is 3. The largest absolute Gasteiger partial charge is 0.481 e. The van der Waals surface area contributed by atoms with Crippen LogP contribution in [0, 0.1) is 11.8 Å². The van der Waals surface area contributed by atoms with Crippen LogP contribution in [0.4, 0.5) is 13.2 Å². The minimum atomic E-state index is -4.66. The third-order valence-electron chi connectivity index (χ3n) is 4.00. The van der Waals surface area contributed by atoms with Crippen molar-refractivity contribution in [2.45, 2.75) is 6.18 Å². The minimum absolute atomic E-state index is 0.183. The second-order valence-corrected chi connectivity index (χ2v) is 5.45.